The van der Waals surface area contributed by atoms with E-state index in [0.717, 1.165) is 11.3 Å². The molecule has 0 aromatic carbocycles. The van der Waals surface area contributed by atoms with Crippen molar-refractivity contribution >= 4 is 0 Å². The third-order valence-electron chi connectivity index (χ3n) is 4.90. The molecule has 3 nitrogen and oxygen atoms in total. The SMILES string of the molecule is CNC1=CC(C)(C(C)(C)C)C(O)(NC)C(C(C)(C)C)=C1. The van der Waals surface area contributed by atoms with E-state index >= 15 is 0 Å². The fourth-order valence-corrected chi connectivity index (χ4v) is 3.05. The fourth-order valence-electron chi connectivity index (χ4n) is 3.05. The molecule has 0 aromatic heterocycles. The van der Waals surface area contributed by atoms with Gasteiger partial charge in [-0.3, -0.25) is 5.32 Å². The van der Waals surface area contributed by atoms with Crippen molar-refractivity contribution in [2.45, 2.75) is 54.2 Å². The molecule has 0 aromatic rings. The first-order chi connectivity index (χ1) is 8.83. The highest BCUT2D eigenvalue weighted by Gasteiger charge is 2.57. The predicted octanol–water partition coefficient (Wildman–Crippen LogP) is 3.04. The van der Waals surface area contributed by atoms with E-state index in [-0.39, 0.29) is 10.8 Å². The molecule has 0 saturated heterocycles. The topological polar surface area (TPSA) is 44.3 Å². The van der Waals surface area contributed by atoms with Crippen LogP contribution in [-0.4, -0.2) is 24.9 Å². The Morgan fingerprint density at radius 2 is 1.55 bits per heavy atom. The molecule has 1 aliphatic rings. The lowest BCUT2D eigenvalue weighted by atomic mass is 9.55. The summed E-state index contributed by atoms with van der Waals surface area (Å²) in [4.78, 5) is 0. The Labute approximate surface area is 124 Å². The Morgan fingerprint density at radius 3 is 1.85 bits per heavy atom. The van der Waals surface area contributed by atoms with Gasteiger partial charge in [0.05, 0.1) is 0 Å². The van der Waals surface area contributed by atoms with Crippen molar-refractivity contribution in [1.82, 2.24) is 10.6 Å². The van der Waals surface area contributed by atoms with Crippen LogP contribution in [0.2, 0.25) is 0 Å². The van der Waals surface area contributed by atoms with Crippen molar-refractivity contribution in [1.29, 1.82) is 0 Å². The van der Waals surface area contributed by atoms with Gasteiger partial charge < -0.3 is 10.4 Å². The molecule has 0 spiro atoms. The zero-order valence-electron chi connectivity index (χ0n) is 14.6. The second-order valence-corrected chi connectivity index (χ2v) is 8.07. The molecule has 0 bridgehead atoms. The lowest BCUT2D eigenvalue weighted by molar-refractivity contribution is -0.105. The average molecular weight is 280 g/mol. The van der Waals surface area contributed by atoms with Crippen LogP contribution in [0.3, 0.4) is 0 Å². The molecule has 0 amide bonds. The van der Waals surface area contributed by atoms with E-state index in [9.17, 15) is 5.11 Å². The summed E-state index contributed by atoms with van der Waals surface area (Å²) in [5.74, 6) is 0. The van der Waals surface area contributed by atoms with Crippen LogP contribution < -0.4 is 10.6 Å². The second-order valence-electron chi connectivity index (χ2n) is 8.07. The summed E-state index contributed by atoms with van der Waals surface area (Å²) in [7, 11) is 3.76. The zero-order chi connectivity index (χ0) is 16.0. The van der Waals surface area contributed by atoms with Gasteiger partial charge in [-0.2, -0.15) is 0 Å². The van der Waals surface area contributed by atoms with Gasteiger partial charge in [0, 0.05) is 18.2 Å². The van der Waals surface area contributed by atoms with Crippen LogP contribution in [0.5, 0.6) is 0 Å². The standard InChI is InChI=1S/C17H32N2O/c1-14(2,3)13-10-12(18-8)11-16(7,15(4,5)6)17(13,20)19-9/h10-11,18-20H,1-9H3. The quantitative estimate of drug-likeness (QED) is 0.681. The van der Waals surface area contributed by atoms with Gasteiger partial charge in [0.1, 0.15) is 5.72 Å². The van der Waals surface area contributed by atoms with Crippen LogP contribution in [0.4, 0.5) is 0 Å². The molecule has 2 atom stereocenters. The summed E-state index contributed by atoms with van der Waals surface area (Å²) in [5.41, 5.74) is 0.357. The molecule has 1 rings (SSSR count). The highest BCUT2D eigenvalue weighted by Crippen LogP contribution is 2.55. The van der Waals surface area contributed by atoms with Crippen LogP contribution in [0.15, 0.2) is 23.4 Å². The second kappa shape index (κ2) is 4.88. The minimum Gasteiger partial charge on any atom is -0.388 e. The van der Waals surface area contributed by atoms with Crippen molar-refractivity contribution in [2.24, 2.45) is 16.2 Å². The van der Waals surface area contributed by atoms with Crippen molar-refractivity contribution in [3.8, 4) is 0 Å². The predicted molar refractivity (Wildman–Crippen MR) is 86.3 cm³/mol. The van der Waals surface area contributed by atoms with Crippen LogP contribution in [0, 0.1) is 16.2 Å². The molecule has 0 fully saturated rings. The van der Waals surface area contributed by atoms with Crippen LogP contribution in [0.1, 0.15) is 48.5 Å². The molecule has 0 radical (unpaired) electrons. The van der Waals surface area contributed by atoms with Gasteiger partial charge in [0.2, 0.25) is 0 Å². The Bertz CT molecular complexity index is 437. The number of rotatable bonds is 2. The first-order valence-corrected chi connectivity index (χ1v) is 7.38. The smallest absolute Gasteiger partial charge is 0.148 e. The first kappa shape index (κ1) is 17.3. The highest BCUT2D eigenvalue weighted by atomic mass is 16.3. The van der Waals surface area contributed by atoms with E-state index in [1.54, 1.807) is 0 Å². The van der Waals surface area contributed by atoms with Crippen molar-refractivity contribution in [2.75, 3.05) is 14.1 Å². The van der Waals surface area contributed by atoms with Gasteiger partial charge in [-0.25, -0.2) is 0 Å². The molecule has 116 valence electrons. The Hall–Kier alpha value is -0.800. The zero-order valence-corrected chi connectivity index (χ0v) is 14.6. The lowest BCUT2D eigenvalue weighted by Gasteiger charge is -2.56. The highest BCUT2D eigenvalue weighted by molar-refractivity contribution is 5.42. The molecule has 1 aliphatic carbocycles. The third kappa shape index (κ3) is 2.42. The third-order valence-corrected chi connectivity index (χ3v) is 4.90. The van der Waals surface area contributed by atoms with Gasteiger partial charge in [0.15, 0.2) is 0 Å². The number of hydrogen-bond donors (Lipinski definition) is 3. The Morgan fingerprint density at radius 1 is 1.05 bits per heavy atom. The molecule has 3 N–H and O–H groups in total. The number of allylic oxidation sites excluding steroid dienone is 1. The number of aliphatic hydroxyl groups is 1. The van der Waals surface area contributed by atoms with Crippen molar-refractivity contribution in [3.05, 3.63) is 23.4 Å². The molecule has 2 unspecified atom stereocenters. The van der Waals surface area contributed by atoms with Gasteiger partial charge in [0.25, 0.3) is 0 Å². The molecule has 0 saturated carbocycles. The molecule has 0 aliphatic heterocycles. The Kier molecular flexibility index (Phi) is 4.21. The molecular weight excluding hydrogens is 248 g/mol. The summed E-state index contributed by atoms with van der Waals surface area (Å²) in [5, 5.41) is 17.9. The summed E-state index contributed by atoms with van der Waals surface area (Å²) in [6, 6.07) is 0. The van der Waals surface area contributed by atoms with E-state index in [4.69, 9.17) is 0 Å². The van der Waals surface area contributed by atoms with Gasteiger partial charge in [-0.1, -0.05) is 54.5 Å². The maximum atomic E-state index is 11.5. The largest absolute Gasteiger partial charge is 0.388 e. The summed E-state index contributed by atoms with van der Waals surface area (Å²) < 4.78 is 0. The number of nitrogens with one attached hydrogen (secondary N) is 2. The van der Waals surface area contributed by atoms with Crippen molar-refractivity contribution in [3.63, 3.8) is 0 Å². The lowest BCUT2D eigenvalue weighted by Crippen LogP contribution is -2.64. The van der Waals surface area contributed by atoms with Gasteiger partial charge in [-0.15, -0.1) is 0 Å². The van der Waals surface area contributed by atoms with E-state index in [0.29, 0.717) is 0 Å². The summed E-state index contributed by atoms with van der Waals surface area (Å²) in [6.45, 7) is 15.1. The average Bonchev–Trinajstić information content (AvgIpc) is 2.29. The normalized spacial score (nSPS) is 31.7. The number of hydrogen-bond acceptors (Lipinski definition) is 3. The molecule has 3 heteroatoms. The maximum absolute atomic E-state index is 11.5. The van der Waals surface area contributed by atoms with E-state index in [2.05, 4.69) is 71.3 Å². The van der Waals surface area contributed by atoms with Crippen LogP contribution >= 0.6 is 0 Å². The van der Waals surface area contributed by atoms with E-state index in [1.165, 1.54) is 0 Å². The molecule has 0 heterocycles. The first-order valence-electron chi connectivity index (χ1n) is 7.38. The minimum absolute atomic E-state index is 0.0996. The van der Waals surface area contributed by atoms with Crippen LogP contribution in [-0.2, 0) is 0 Å². The van der Waals surface area contributed by atoms with E-state index < -0.39 is 11.1 Å². The molecular formula is C17H32N2O. The summed E-state index contributed by atoms with van der Waals surface area (Å²) >= 11 is 0. The van der Waals surface area contributed by atoms with Gasteiger partial charge in [-0.05, 0) is 29.5 Å². The van der Waals surface area contributed by atoms with Gasteiger partial charge >= 0.3 is 0 Å². The number of likely N-dealkylation sites (N-methyl/N-ethyl adjacent to an activating group) is 2. The Balaban J connectivity index is 3.64. The monoisotopic (exact) mass is 280 g/mol. The molecule has 20 heavy (non-hydrogen) atoms. The maximum Gasteiger partial charge on any atom is 0.148 e. The van der Waals surface area contributed by atoms with Crippen molar-refractivity contribution < 1.29 is 5.11 Å². The summed E-state index contributed by atoms with van der Waals surface area (Å²) in [6.07, 6.45) is 4.22. The fraction of sp³-hybridized carbons (Fsp3) is 0.765. The van der Waals surface area contributed by atoms with Crippen LogP contribution in [0.25, 0.3) is 0 Å². The minimum atomic E-state index is -1.07. The van der Waals surface area contributed by atoms with E-state index in [1.807, 2.05) is 14.1 Å².